The third-order valence-corrected chi connectivity index (χ3v) is 5.21. The van der Waals surface area contributed by atoms with Crippen LogP contribution in [0.3, 0.4) is 0 Å². The quantitative estimate of drug-likeness (QED) is 0.783. The summed E-state index contributed by atoms with van der Waals surface area (Å²) in [5.74, 6) is -0.512. The number of fused-ring (bicyclic) bond motifs is 1. The van der Waals surface area contributed by atoms with Gasteiger partial charge in [-0.3, -0.25) is 9.78 Å². The number of aromatic nitrogens is 1. The average Bonchev–Trinajstić information content (AvgIpc) is 3.17. The summed E-state index contributed by atoms with van der Waals surface area (Å²) < 4.78 is 4.96. The molecular weight excluding hydrogens is 308 g/mol. The van der Waals surface area contributed by atoms with Crippen molar-refractivity contribution in [2.75, 3.05) is 6.61 Å². The summed E-state index contributed by atoms with van der Waals surface area (Å²) in [7, 11) is 0. The number of hydrogen-bond donors (Lipinski definition) is 3. The predicted octanol–water partition coefficient (Wildman–Crippen LogP) is 2.43. The highest BCUT2D eigenvalue weighted by atomic mass is 16.4. The van der Waals surface area contributed by atoms with E-state index in [0.717, 1.165) is 25.7 Å². The number of amides is 1. The average molecular weight is 332 g/mol. The van der Waals surface area contributed by atoms with E-state index < -0.39 is 5.76 Å². The van der Waals surface area contributed by atoms with E-state index in [9.17, 15) is 14.7 Å². The van der Waals surface area contributed by atoms with Crippen LogP contribution in [-0.2, 0) is 0 Å². The zero-order chi connectivity index (χ0) is 17.3. The van der Waals surface area contributed by atoms with Gasteiger partial charge >= 0.3 is 5.76 Å². The molecule has 0 aliphatic heterocycles. The molecule has 1 fully saturated rings. The van der Waals surface area contributed by atoms with Crippen LogP contribution in [-0.4, -0.2) is 28.6 Å². The molecule has 1 unspecified atom stereocenters. The minimum absolute atomic E-state index is 0.0865. The first kappa shape index (κ1) is 16.8. The molecule has 1 aliphatic carbocycles. The van der Waals surface area contributed by atoms with Crippen molar-refractivity contribution in [2.45, 2.75) is 45.6 Å². The SMILES string of the molecule is CC(C)C(NC(=O)c1ccc2oc(=O)[nH]c2c1)C1(CO)CCCC1. The van der Waals surface area contributed by atoms with Crippen LogP contribution in [0.4, 0.5) is 0 Å². The van der Waals surface area contributed by atoms with Gasteiger partial charge in [-0.25, -0.2) is 4.79 Å². The summed E-state index contributed by atoms with van der Waals surface area (Å²) in [4.78, 5) is 26.5. The molecule has 1 saturated carbocycles. The summed E-state index contributed by atoms with van der Waals surface area (Å²) in [5.41, 5.74) is 1.17. The maximum absolute atomic E-state index is 12.7. The number of carbonyl (C=O) groups is 1. The Kier molecular flexibility index (Phi) is 4.49. The van der Waals surface area contributed by atoms with Gasteiger partial charge in [-0.15, -0.1) is 0 Å². The molecule has 1 aromatic heterocycles. The lowest BCUT2D eigenvalue weighted by molar-refractivity contribution is 0.0568. The van der Waals surface area contributed by atoms with E-state index in [1.807, 2.05) is 0 Å². The molecular formula is C18H24N2O4. The molecule has 0 radical (unpaired) electrons. The van der Waals surface area contributed by atoms with E-state index in [1.54, 1.807) is 18.2 Å². The molecule has 0 saturated heterocycles. The van der Waals surface area contributed by atoms with Gasteiger partial charge in [0.1, 0.15) is 0 Å². The Morgan fingerprint density at radius 1 is 1.38 bits per heavy atom. The molecule has 0 spiro atoms. The van der Waals surface area contributed by atoms with Crippen molar-refractivity contribution in [3.63, 3.8) is 0 Å². The minimum Gasteiger partial charge on any atom is -0.408 e. The van der Waals surface area contributed by atoms with Crippen molar-refractivity contribution >= 4 is 17.0 Å². The third-order valence-electron chi connectivity index (χ3n) is 5.21. The molecule has 1 aliphatic rings. The van der Waals surface area contributed by atoms with Gasteiger partial charge in [-0.1, -0.05) is 26.7 Å². The van der Waals surface area contributed by atoms with Crippen LogP contribution < -0.4 is 11.1 Å². The first-order valence-corrected chi connectivity index (χ1v) is 8.50. The maximum atomic E-state index is 12.7. The lowest BCUT2D eigenvalue weighted by atomic mass is 9.74. The molecule has 1 amide bonds. The third kappa shape index (κ3) is 2.98. The smallest absolute Gasteiger partial charge is 0.408 e. The van der Waals surface area contributed by atoms with Gasteiger partial charge in [-0.2, -0.15) is 0 Å². The molecule has 6 nitrogen and oxygen atoms in total. The highest BCUT2D eigenvalue weighted by molar-refractivity contribution is 5.97. The Morgan fingerprint density at radius 3 is 2.71 bits per heavy atom. The Bertz CT molecular complexity index is 784. The lowest BCUT2D eigenvalue weighted by Gasteiger charge is -2.39. The van der Waals surface area contributed by atoms with Gasteiger partial charge in [0.2, 0.25) is 0 Å². The lowest BCUT2D eigenvalue weighted by Crippen LogP contribution is -2.51. The van der Waals surface area contributed by atoms with Crippen molar-refractivity contribution in [3.8, 4) is 0 Å². The van der Waals surface area contributed by atoms with E-state index in [-0.39, 0.29) is 29.9 Å². The fourth-order valence-corrected chi connectivity index (χ4v) is 3.99. The van der Waals surface area contributed by atoms with Gasteiger partial charge < -0.3 is 14.8 Å². The fraction of sp³-hybridized carbons (Fsp3) is 0.556. The Labute approximate surface area is 140 Å². The van der Waals surface area contributed by atoms with Crippen LogP contribution in [0.2, 0.25) is 0 Å². The molecule has 6 heteroatoms. The summed E-state index contributed by atoms with van der Waals surface area (Å²) in [6.07, 6.45) is 4.03. The number of aliphatic hydroxyl groups excluding tert-OH is 1. The van der Waals surface area contributed by atoms with Crippen molar-refractivity contribution < 1.29 is 14.3 Å². The second-order valence-corrected chi connectivity index (χ2v) is 7.15. The first-order valence-electron chi connectivity index (χ1n) is 8.50. The summed E-state index contributed by atoms with van der Waals surface area (Å²) in [6.45, 7) is 4.22. The number of H-pyrrole nitrogens is 1. The van der Waals surface area contributed by atoms with Crippen molar-refractivity contribution in [1.82, 2.24) is 10.3 Å². The normalized spacial score (nSPS) is 18.2. The van der Waals surface area contributed by atoms with Gasteiger partial charge in [0.15, 0.2) is 5.58 Å². The molecule has 1 aromatic carbocycles. The maximum Gasteiger partial charge on any atom is 0.417 e. The minimum atomic E-state index is -0.534. The number of rotatable bonds is 5. The molecule has 3 rings (SSSR count). The Hall–Kier alpha value is -2.08. The predicted molar refractivity (Wildman–Crippen MR) is 90.9 cm³/mol. The number of aromatic amines is 1. The zero-order valence-electron chi connectivity index (χ0n) is 14.1. The van der Waals surface area contributed by atoms with Gasteiger partial charge in [-0.05, 0) is 37.0 Å². The van der Waals surface area contributed by atoms with E-state index in [4.69, 9.17) is 4.42 Å². The summed E-state index contributed by atoms with van der Waals surface area (Å²) >= 11 is 0. The second kappa shape index (κ2) is 6.43. The molecule has 2 aromatic rings. The zero-order valence-corrected chi connectivity index (χ0v) is 14.1. The number of hydrogen-bond acceptors (Lipinski definition) is 4. The number of carbonyl (C=O) groups excluding carboxylic acids is 1. The largest absolute Gasteiger partial charge is 0.417 e. The van der Waals surface area contributed by atoms with E-state index in [0.29, 0.717) is 16.7 Å². The highest BCUT2D eigenvalue weighted by Gasteiger charge is 2.43. The van der Waals surface area contributed by atoms with Crippen molar-refractivity contribution in [3.05, 3.63) is 34.3 Å². The van der Waals surface area contributed by atoms with Crippen LogP contribution in [0.15, 0.2) is 27.4 Å². The van der Waals surface area contributed by atoms with Crippen molar-refractivity contribution in [2.24, 2.45) is 11.3 Å². The molecule has 0 bridgehead atoms. The van der Waals surface area contributed by atoms with Crippen molar-refractivity contribution in [1.29, 1.82) is 0 Å². The molecule has 1 heterocycles. The molecule has 24 heavy (non-hydrogen) atoms. The number of benzene rings is 1. The van der Waals surface area contributed by atoms with Gasteiger partial charge in [0.25, 0.3) is 5.91 Å². The molecule has 130 valence electrons. The monoisotopic (exact) mass is 332 g/mol. The van der Waals surface area contributed by atoms with Crippen LogP contribution >= 0.6 is 0 Å². The van der Waals surface area contributed by atoms with E-state index >= 15 is 0 Å². The summed E-state index contributed by atoms with van der Waals surface area (Å²) in [5, 5.41) is 13.1. The standard InChI is InChI=1S/C18H24N2O4/c1-11(2)15(18(10-21)7-3-4-8-18)20-16(22)12-5-6-14-13(9-12)19-17(23)24-14/h5-6,9,11,15,21H,3-4,7-8,10H2,1-2H3,(H,19,23)(H,20,22). The van der Waals surface area contributed by atoms with Crippen LogP contribution in [0.5, 0.6) is 0 Å². The Morgan fingerprint density at radius 2 is 2.08 bits per heavy atom. The van der Waals surface area contributed by atoms with Crippen LogP contribution in [0.1, 0.15) is 49.9 Å². The van der Waals surface area contributed by atoms with E-state index in [1.165, 1.54) is 0 Å². The number of nitrogens with one attached hydrogen (secondary N) is 2. The number of aliphatic hydroxyl groups is 1. The molecule has 3 N–H and O–H groups in total. The van der Waals surface area contributed by atoms with Gasteiger partial charge in [0.05, 0.1) is 12.1 Å². The molecule has 1 atom stereocenters. The second-order valence-electron chi connectivity index (χ2n) is 7.15. The Balaban J connectivity index is 1.85. The van der Waals surface area contributed by atoms with Crippen LogP contribution in [0.25, 0.3) is 11.1 Å². The van der Waals surface area contributed by atoms with Gasteiger partial charge in [0, 0.05) is 17.0 Å². The highest BCUT2D eigenvalue weighted by Crippen LogP contribution is 2.43. The topological polar surface area (TPSA) is 95.3 Å². The fourth-order valence-electron chi connectivity index (χ4n) is 3.99. The van der Waals surface area contributed by atoms with E-state index in [2.05, 4.69) is 24.1 Å². The summed E-state index contributed by atoms with van der Waals surface area (Å²) in [6, 6.07) is 4.79. The number of oxazole rings is 1. The van der Waals surface area contributed by atoms with Crippen LogP contribution in [0, 0.1) is 11.3 Å². The first-order chi connectivity index (χ1) is 11.4.